The van der Waals surface area contributed by atoms with Crippen LogP contribution in [0.3, 0.4) is 0 Å². The zero-order valence-electron chi connectivity index (χ0n) is 13.2. The van der Waals surface area contributed by atoms with Crippen LogP contribution >= 0.6 is 0 Å². The summed E-state index contributed by atoms with van der Waals surface area (Å²) in [4.78, 5) is 25.5. The fourth-order valence-electron chi connectivity index (χ4n) is 2.62. The van der Waals surface area contributed by atoms with Crippen LogP contribution in [0, 0.1) is 11.6 Å². The van der Waals surface area contributed by atoms with Gasteiger partial charge in [-0.3, -0.25) is 9.59 Å². The highest BCUT2D eigenvalue weighted by molar-refractivity contribution is 5.96. The van der Waals surface area contributed by atoms with Crippen LogP contribution in [0.1, 0.15) is 6.42 Å². The van der Waals surface area contributed by atoms with Crippen LogP contribution in [-0.4, -0.2) is 31.0 Å². The molecule has 1 saturated heterocycles. The number of rotatable bonds is 5. The first-order chi connectivity index (χ1) is 12.0. The van der Waals surface area contributed by atoms with Crippen LogP contribution in [0.4, 0.5) is 14.5 Å². The Bertz CT molecular complexity index is 763. The third-order valence-electron chi connectivity index (χ3n) is 3.81. The molecule has 3 rings (SSSR count). The second-order valence-corrected chi connectivity index (χ2v) is 5.69. The van der Waals surface area contributed by atoms with Crippen LogP contribution in [-0.2, 0) is 9.59 Å². The van der Waals surface area contributed by atoms with Crippen LogP contribution in [0.2, 0.25) is 0 Å². The maximum Gasteiger partial charge on any atom is 0.258 e. The van der Waals surface area contributed by atoms with E-state index in [1.54, 1.807) is 0 Å². The van der Waals surface area contributed by atoms with Gasteiger partial charge in [0.2, 0.25) is 5.91 Å². The van der Waals surface area contributed by atoms with Crippen molar-refractivity contribution in [3.05, 3.63) is 60.2 Å². The lowest BCUT2D eigenvalue weighted by atomic mass is 10.2. The first kappa shape index (κ1) is 16.9. The number of amides is 2. The minimum absolute atomic E-state index is 0.142. The number of nitrogens with zero attached hydrogens (tertiary/aromatic N) is 1. The Morgan fingerprint density at radius 1 is 1.08 bits per heavy atom. The highest BCUT2D eigenvalue weighted by Crippen LogP contribution is 2.21. The van der Waals surface area contributed by atoms with Crippen LogP contribution in [0.5, 0.6) is 5.75 Å². The molecule has 1 aliphatic rings. The maximum absolute atomic E-state index is 13.0. The van der Waals surface area contributed by atoms with Gasteiger partial charge in [0, 0.05) is 18.7 Å². The fourth-order valence-corrected chi connectivity index (χ4v) is 2.62. The molecule has 2 aromatic carbocycles. The molecule has 1 aliphatic heterocycles. The van der Waals surface area contributed by atoms with Gasteiger partial charge in [-0.05, 0) is 48.5 Å². The van der Waals surface area contributed by atoms with Crippen LogP contribution in [0.25, 0.3) is 0 Å². The molecule has 2 aromatic rings. The highest BCUT2D eigenvalue weighted by atomic mass is 19.1. The van der Waals surface area contributed by atoms with Crippen molar-refractivity contribution < 1.29 is 23.1 Å². The molecule has 130 valence electrons. The van der Waals surface area contributed by atoms with Crippen molar-refractivity contribution in [2.75, 3.05) is 18.1 Å². The third kappa shape index (κ3) is 4.32. The van der Waals surface area contributed by atoms with E-state index in [0.29, 0.717) is 18.0 Å². The largest absolute Gasteiger partial charge is 0.484 e. The van der Waals surface area contributed by atoms with Crippen LogP contribution in [0.15, 0.2) is 48.5 Å². The molecule has 1 N–H and O–H groups in total. The van der Waals surface area contributed by atoms with Crippen molar-refractivity contribution in [3.63, 3.8) is 0 Å². The number of anilines is 1. The average molecular weight is 346 g/mol. The fraction of sp³-hybridized carbons (Fsp3) is 0.222. The van der Waals surface area contributed by atoms with E-state index in [1.807, 2.05) is 0 Å². The molecule has 0 radical (unpaired) electrons. The SMILES string of the molecule is O=C(COc1ccc(F)cc1)NC1CC(=O)N(c2ccc(F)cc2)C1. The van der Waals surface area contributed by atoms with Gasteiger partial charge in [-0.1, -0.05) is 0 Å². The number of hydrogen-bond donors (Lipinski definition) is 1. The molecule has 1 fully saturated rings. The molecule has 25 heavy (non-hydrogen) atoms. The lowest BCUT2D eigenvalue weighted by Crippen LogP contribution is -2.39. The van der Waals surface area contributed by atoms with E-state index < -0.39 is 0 Å². The van der Waals surface area contributed by atoms with E-state index in [1.165, 1.54) is 53.4 Å². The summed E-state index contributed by atoms with van der Waals surface area (Å²) in [5.74, 6) is -0.897. The predicted molar refractivity (Wildman–Crippen MR) is 87.2 cm³/mol. The normalized spacial score (nSPS) is 16.8. The Kier molecular flexibility index (Phi) is 4.92. The topological polar surface area (TPSA) is 58.6 Å². The number of ether oxygens (including phenoxy) is 1. The number of hydrogen-bond acceptors (Lipinski definition) is 3. The molecule has 0 aliphatic carbocycles. The standard InChI is InChI=1S/C18H16F2N2O3/c19-12-1-5-15(6-2-12)22-10-14(9-18(22)24)21-17(23)11-25-16-7-3-13(20)4-8-16/h1-8,14H,9-11H2,(H,21,23). The summed E-state index contributed by atoms with van der Waals surface area (Å²) in [7, 11) is 0. The molecular formula is C18H16F2N2O3. The van der Waals surface area contributed by atoms with E-state index >= 15 is 0 Å². The minimum atomic E-state index is -0.387. The van der Waals surface area contributed by atoms with Gasteiger partial charge in [-0.2, -0.15) is 0 Å². The van der Waals surface area contributed by atoms with Crippen molar-refractivity contribution in [1.82, 2.24) is 5.32 Å². The van der Waals surface area contributed by atoms with E-state index in [0.717, 1.165) is 0 Å². The third-order valence-corrected chi connectivity index (χ3v) is 3.81. The van der Waals surface area contributed by atoms with Gasteiger partial charge in [-0.15, -0.1) is 0 Å². The number of carbonyl (C=O) groups excluding carboxylic acids is 2. The Morgan fingerprint density at radius 3 is 2.32 bits per heavy atom. The summed E-state index contributed by atoms with van der Waals surface area (Å²) in [5, 5.41) is 2.73. The van der Waals surface area contributed by atoms with Gasteiger partial charge in [-0.25, -0.2) is 8.78 Å². The maximum atomic E-state index is 13.0. The van der Waals surface area contributed by atoms with Crippen molar-refractivity contribution in [2.45, 2.75) is 12.5 Å². The summed E-state index contributed by atoms with van der Waals surface area (Å²) >= 11 is 0. The van der Waals surface area contributed by atoms with Gasteiger partial charge in [0.15, 0.2) is 6.61 Å². The summed E-state index contributed by atoms with van der Waals surface area (Å²) < 4.78 is 31.0. The van der Waals surface area contributed by atoms with Crippen LogP contribution < -0.4 is 15.0 Å². The summed E-state index contributed by atoms with van der Waals surface area (Å²) in [6.07, 6.45) is 0.166. The summed E-state index contributed by atoms with van der Waals surface area (Å²) in [6, 6.07) is 10.6. The van der Waals surface area contributed by atoms with Gasteiger partial charge in [0.05, 0.1) is 6.04 Å². The van der Waals surface area contributed by atoms with E-state index in [9.17, 15) is 18.4 Å². The molecule has 1 heterocycles. The molecule has 0 saturated carbocycles. The van der Waals surface area contributed by atoms with Crippen molar-refractivity contribution in [1.29, 1.82) is 0 Å². The van der Waals surface area contributed by atoms with E-state index in [2.05, 4.69) is 5.32 Å². The number of halogens is 2. The zero-order chi connectivity index (χ0) is 17.8. The summed E-state index contributed by atoms with van der Waals surface area (Å²) in [6.45, 7) is 0.0830. The Hall–Kier alpha value is -2.96. The number of nitrogens with one attached hydrogen (secondary N) is 1. The molecule has 5 nitrogen and oxygen atoms in total. The molecule has 7 heteroatoms. The lowest BCUT2D eigenvalue weighted by molar-refractivity contribution is -0.123. The number of carbonyl (C=O) groups is 2. The first-order valence-electron chi connectivity index (χ1n) is 7.75. The summed E-state index contributed by atoms with van der Waals surface area (Å²) in [5.41, 5.74) is 0.589. The molecular weight excluding hydrogens is 330 g/mol. The first-order valence-corrected chi connectivity index (χ1v) is 7.75. The molecule has 0 bridgehead atoms. The Labute approximate surface area is 143 Å². The van der Waals surface area contributed by atoms with Gasteiger partial charge >= 0.3 is 0 Å². The van der Waals surface area contributed by atoms with E-state index in [-0.39, 0.29) is 42.5 Å². The zero-order valence-corrected chi connectivity index (χ0v) is 13.2. The molecule has 1 atom stereocenters. The molecule has 0 spiro atoms. The predicted octanol–water partition coefficient (Wildman–Crippen LogP) is 2.27. The Morgan fingerprint density at radius 2 is 1.68 bits per heavy atom. The van der Waals surface area contributed by atoms with Crippen molar-refractivity contribution >= 4 is 17.5 Å². The van der Waals surface area contributed by atoms with Gasteiger partial charge in [0.1, 0.15) is 17.4 Å². The van der Waals surface area contributed by atoms with E-state index in [4.69, 9.17) is 4.74 Å². The average Bonchev–Trinajstić information content (AvgIpc) is 2.95. The number of benzene rings is 2. The smallest absolute Gasteiger partial charge is 0.258 e. The molecule has 1 unspecified atom stereocenters. The second kappa shape index (κ2) is 7.29. The lowest BCUT2D eigenvalue weighted by Gasteiger charge is -2.17. The molecule has 2 amide bonds. The Balaban J connectivity index is 1.51. The second-order valence-electron chi connectivity index (χ2n) is 5.69. The molecule has 0 aromatic heterocycles. The highest BCUT2D eigenvalue weighted by Gasteiger charge is 2.31. The monoisotopic (exact) mass is 346 g/mol. The van der Waals surface area contributed by atoms with Crippen molar-refractivity contribution in [2.24, 2.45) is 0 Å². The van der Waals surface area contributed by atoms with Gasteiger partial charge < -0.3 is 15.0 Å². The van der Waals surface area contributed by atoms with Crippen molar-refractivity contribution in [3.8, 4) is 5.75 Å². The van der Waals surface area contributed by atoms with Gasteiger partial charge in [0.25, 0.3) is 5.91 Å². The quantitative estimate of drug-likeness (QED) is 0.904. The minimum Gasteiger partial charge on any atom is -0.484 e.